The number of ether oxygens (including phenoxy) is 3. The number of amides is 1. The second-order valence-electron chi connectivity index (χ2n) is 4.88. The third-order valence-electron chi connectivity index (χ3n) is 3.44. The van der Waals surface area contributed by atoms with Crippen molar-refractivity contribution in [3.05, 3.63) is 17.7 Å². The molecule has 1 rings (SSSR count). The minimum absolute atomic E-state index is 0. The van der Waals surface area contributed by atoms with E-state index in [0.29, 0.717) is 23.8 Å². The summed E-state index contributed by atoms with van der Waals surface area (Å²) in [6.45, 7) is 3.94. The highest BCUT2D eigenvalue weighted by Gasteiger charge is 2.18. The average molecular weight is 333 g/mol. The van der Waals surface area contributed by atoms with Crippen molar-refractivity contribution < 1.29 is 19.0 Å². The molecule has 0 bridgehead atoms. The number of halogens is 1. The fourth-order valence-corrected chi connectivity index (χ4v) is 1.81. The van der Waals surface area contributed by atoms with Crippen LogP contribution in [0.3, 0.4) is 0 Å². The molecule has 1 aromatic carbocycles. The number of methoxy groups -OCH3 is 3. The van der Waals surface area contributed by atoms with E-state index in [-0.39, 0.29) is 30.3 Å². The maximum Gasteiger partial charge on any atom is 0.224 e. The molecule has 1 aromatic rings. The summed E-state index contributed by atoms with van der Waals surface area (Å²) >= 11 is 0. The predicted octanol–water partition coefficient (Wildman–Crippen LogP) is 1.73. The van der Waals surface area contributed by atoms with Crippen molar-refractivity contribution in [2.45, 2.75) is 26.4 Å². The SMILES string of the molecule is COc1cc(OC)c(OC)cc1CNC(=O)C(C)C(C)N.Cl. The highest BCUT2D eigenvalue weighted by Crippen LogP contribution is 2.34. The molecule has 2 unspecified atom stereocenters. The van der Waals surface area contributed by atoms with E-state index in [1.165, 1.54) is 0 Å². The van der Waals surface area contributed by atoms with E-state index in [1.54, 1.807) is 47.3 Å². The molecule has 7 heteroatoms. The van der Waals surface area contributed by atoms with Gasteiger partial charge in [0, 0.05) is 30.1 Å². The molecule has 0 aliphatic heterocycles. The van der Waals surface area contributed by atoms with Gasteiger partial charge in [0.15, 0.2) is 11.5 Å². The number of benzene rings is 1. The minimum atomic E-state index is -0.254. The van der Waals surface area contributed by atoms with Gasteiger partial charge in [0.1, 0.15) is 5.75 Å². The van der Waals surface area contributed by atoms with Crippen molar-refractivity contribution in [3.63, 3.8) is 0 Å². The van der Waals surface area contributed by atoms with Gasteiger partial charge < -0.3 is 25.3 Å². The summed E-state index contributed by atoms with van der Waals surface area (Å²) in [5, 5.41) is 2.85. The second kappa shape index (κ2) is 9.38. The molecule has 0 radical (unpaired) electrons. The molecule has 0 aromatic heterocycles. The predicted molar refractivity (Wildman–Crippen MR) is 88.0 cm³/mol. The first-order valence-corrected chi connectivity index (χ1v) is 6.76. The minimum Gasteiger partial charge on any atom is -0.496 e. The molecule has 0 spiro atoms. The van der Waals surface area contributed by atoms with Gasteiger partial charge in [-0.3, -0.25) is 4.79 Å². The molecule has 126 valence electrons. The fraction of sp³-hybridized carbons (Fsp3) is 0.533. The summed E-state index contributed by atoms with van der Waals surface area (Å²) in [7, 11) is 4.69. The standard InChI is InChI=1S/C15H24N2O4.ClH/c1-9(10(2)16)15(18)17-8-11-6-13(20-4)14(21-5)7-12(11)19-3;/h6-7,9-10H,8,16H2,1-5H3,(H,17,18);1H. The van der Waals surface area contributed by atoms with Gasteiger partial charge in [-0.15, -0.1) is 12.4 Å². The molecule has 0 aliphatic carbocycles. The lowest BCUT2D eigenvalue weighted by molar-refractivity contribution is -0.125. The number of nitrogens with one attached hydrogen (secondary N) is 1. The summed E-state index contributed by atoms with van der Waals surface area (Å²) in [6.07, 6.45) is 0. The van der Waals surface area contributed by atoms with E-state index in [1.807, 2.05) is 0 Å². The van der Waals surface area contributed by atoms with Crippen LogP contribution in [0.25, 0.3) is 0 Å². The molecule has 0 saturated heterocycles. The Morgan fingerprint density at radius 3 is 2.05 bits per heavy atom. The summed E-state index contributed by atoms with van der Waals surface area (Å²) in [5.74, 6) is 1.44. The topological polar surface area (TPSA) is 82.8 Å². The third-order valence-corrected chi connectivity index (χ3v) is 3.44. The maximum absolute atomic E-state index is 11.9. The molecular formula is C15H25ClN2O4. The number of rotatable bonds is 7. The Balaban J connectivity index is 0.00000441. The first-order valence-electron chi connectivity index (χ1n) is 6.76. The maximum atomic E-state index is 11.9. The van der Waals surface area contributed by atoms with E-state index in [0.717, 1.165) is 5.56 Å². The van der Waals surface area contributed by atoms with Crippen LogP contribution in [0.5, 0.6) is 17.2 Å². The summed E-state index contributed by atoms with van der Waals surface area (Å²) < 4.78 is 15.8. The van der Waals surface area contributed by atoms with Gasteiger partial charge in [-0.05, 0) is 13.0 Å². The number of carbonyl (C=O) groups excluding carboxylic acids is 1. The molecule has 22 heavy (non-hydrogen) atoms. The Kier molecular flexibility index (Phi) is 8.67. The Labute approximate surface area is 137 Å². The zero-order valence-electron chi connectivity index (χ0n) is 13.6. The summed E-state index contributed by atoms with van der Waals surface area (Å²) in [6, 6.07) is 3.32. The molecule has 0 saturated carbocycles. The Morgan fingerprint density at radius 1 is 1.09 bits per heavy atom. The van der Waals surface area contributed by atoms with Gasteiger partial charge in [-0.1, -0.05) is 6.92 Å². The van der Waals surface area contributed by atoms with Gasteiger partial charge in [0.25, 0.3) is 0 Å². The molecule has 3 N–H and O–H groups in total. The van der Waals surface area contributed by atoms with Crippen LogP contribution >= 0.6 is 12.4 Å². The van der Waals surface area contributed by atoms with Crippen LogP contribution in [0.1, 0.15) is 19.4 Å². The molecule has 0 aliphatic rings. The first-order chi connectivity index (χ1) is 9.94. The molecule has 0 heterocycles. The lowest BCUT2D eigenvalue weighted by Crippen LogP contribution is -2.38. The highest BCUT2D eigenvalue weighted by molar-refractivity contribution is 5.85. The smallest absolute Gasteiger partial charge is 0.224 e. The Morgan fingerprint density at radius 2 is 1.59 bits per heavy atom. The van der Waals surface area contributed by atoms with Gasteiger partial charge in [0.05, 0.1) is 21.3 Å². The largest absolute Gasteiger partial charge is 0.496 e. The quantitative estimate of drug-likeness (QED) is 0.794. The second-order valence-corrected chi connectivity index (χ2v) is 4.88. The van der Waals surface area contributed by atoms with Gasteiger partial charge in [-0.2, -0.15) is 0 Å². The van der Waals surface area contributed by atoms with Crippen LogP contribution in [0.15, 0.2) is 12.1 Å². The van der Waals surface area contributed by atoms with Crippen molar-refractivity contribution in [1.82, 2.24) is 5.32 Å². The number of hydrogen-bond acceptors (Lipinski definition) is 5. The molecule has 2 atom stereocenters. The highest BCUT2D eigenvalue weighted by atomic mass is 35.5. The van der Waals surface area contributed by atoms with Crippen LogP contribution in [0, 0.1) is 5.92 Å². The number of nitrogens with two attached hydrogens (primary N) is 1. The van der Waals surface area contributed by atoms with E-state index < -0.39 is 0 Å². The Bertz CT molecular complexity index is 495. The van der Waals surface area contributed by atoms with Crippen LogP contribution in [0.4, 0.5) is 0 Å². The van der Waals surface area contributed by atoms with E-state index in [4.69, 9.17) is 19.9 Å². The van der Waals surface area contributed by atoms with Crippen molar-refractivity contribution in [2.24, 2.45) is 11.7 Å². The fourth-order valence-electron chi connectivity index (χ4n) is 1.81. The zero-order chi connectivity index (χ0) is 16.0. The molecule has 1 amide bonds. The van der Waals surface area contributed by atoms with Crippen molar-refractivity contribution in [1.29, 1.82) is 0 Å². The van der Waals surface area contributed by atoms with E-state index >= 15 is 0 Å². The molecular weight excluding hydrogens is 308 g/mol. The number of carbonyl (C=O) groups is 1. The van der Waals surface area contributed by atoms with Crippen molar-refractivity contribution in [3.8, 4) is 17.2 Å². The van der Waals surface area contributed by atoms with Crippen LogP contribution < -0.4 is 25.3 Å². The Hall–Kier alpha value is -1.66. The van der Waals surface area contributed by atoms with Crippen molar-refractivity contribution in [2.75, 3.05) is 21.3 Å². The lowest BCUT2D eigenvalue weighted by Gasteiger charge is -2.17. The summed E-state index contributed by atoms with van der Waals surface area (Å²) in [5.41, 5.74) is 6.53. The lowest BCUT2D eigenvalue weighted by atomic mass is 10.0. The monoisotopic (exact) mass is 332 g/mol. The van der Waals surface area contributed by atoms with Gasteiger partial charge >= 0.3 is 0 Å². The summed E-state index contributed by atoms with van der Waals surface area (Å²) in [4.78, 5) is 11.9. The number of hydrogen-bond donors (Lipinski definition) is 2. The van der Waals surface area contributed by atoms with Crippen LogP contribution in [0.2, 0.25) is 0 Å². The van der Waals surface area contributed by atoms with Crippen LogP contribution in [-0.2, 0) is 11.3 Å². The first kappa shape index (κ1) is 20.3. The zero-order valence-corrected chi connectivity index (χ0v) is 14.5. The molecule has 0 fully saturated rings. The average Bonchev–Trinajstić information content (AvgIpc) is 2.50. The van der Waals surface area contributed by atoms with Crippen molar-refractivity contribution >= 4 is 18.3 Å². The van der Waals surface area contributed by atoms with E-state index in [9.17, 15) is 4.79 Å². The van der Waals surface area contributed by atoms with Gasteiger partial charge in [0.2, 0.25) is 5.91 Å². The van der Waals surface area contributed by atoms with E-state index in [2.05, 4.69) is 5.32 Å². The normalized spacial score (nSPS) is 12.6. The van der Waals surface area contributed by atoms with Crippen LogP contribution in [-0.4, -0.2) is 33.3 Å². The van der Waals surface area contributed by atoms with Gasteiger partial charge in [-0.25, -0.2) is 0 Å². The third kappa shape index (κ3) is 4.96. The molecule has 6 nitrogen and oxygen atoms in total.